The molecule has 1 atom stereocenters. The van der Waals surface area contributed by atoms with Gasteiger partial charge >= 0.3 is 0 Å². The highest BCUT2D eigenvalue weighted by Gasteiger charge is 2.11. The van der Waals surface area contributed by atoms with Crippen LogP contribution in [0.15, 0.2) is 29.6 Å². The number of likely N-dealkylation sites (N-methyl/N-ethyl adjacent to an activating group) is 1. The number of hydrogen-bond donors (Lipinski definition) is 1. The summed E-state index contributed by atoms with van der Waals surface area (Å²) in [7, 11) is 0. The van der Waals surface area contributed by atoms with Crippen molar-refractivity contribution >= 4 is 11.3 Å². The molecule has 0 radical (unpaired) electrons. The van der Waals surface area contributed by atoms with Gasteiger partial charge in [-0.25, -0.2) is 9.37 Å². The van der Waals surface area contributed by atoms with Crippen molar-refractivity contribution in [2.24, 2.45) is 0 Å². The molecule has 0 amide bonds. The predicted molar refractivity (Wildman–Crippen MR) is 78.1 cm³/mol. The van der Waals surface area contributed by atoms with Crippen molar-refractivity contribution in [3.63, 3.8) is 0 Å². The van der Waals surface area contributed by atoms with Crippen LogP contribution in [0.3, 0.4) is 0 Å². The number of aryl methyl sites for hydroxylation is 1. The van der Waals surface area contributed by atoms with E-state index in [1.165, 1.54) is 12.1 Å². The fourth-order valence-electron chi connectivity index (χ4n) is 2.12. The summed E-state index contributed by atoms with van der Waals surface area (Å²) in [5, 5.41) is 6.71. The van der Waals surface area contributed by atoms with E-state index < -0.39 is 0 Å². The topological polar surface area (TPSA) is 24.9 Å². The molecule has 2 aromatic rings. The number of aromatic nitrogens is 1. The summed E-state index contributed by atoms with van der Waals surface area (Å²) in [6, 6.07) is 7.10. The van der Waals surface area contributed by atoms with E-state index in [9.17, 15) is 4.39 Å². The quantitative estimate of drug-likeness (QED) is 0.876. The zero-order valence-corrected chi connectivity index (χ0v) is 12.1. The standard InChI is InChI=1S/C15H19FN2S/c1-3-17-14(9-15-18-11(2)10-19-15)8-12-4-6-13(16)7-5-12/h4-7,10,14,17H,3,8-9H2,1-2H3. The third-order valence-corrected chi connectivity index (χ3v) is 3.96. The molecule has 0 spiro atoms. The van der Waals surface area contributed by atoms with Crippen molar-refractivity contribution in [1.82, 2.24) is 10.3 Å². The van der Waals surface area contributed by atoms with Gasteiger partial charge in [0.15, 0.2) is 0 Å². The Morgan fingerprint density at radius 2 is 2.00 bits per heavy atom. The van der Waals surface area contributed by atoms with Crippen molar-refractivity contribution in [2.45, 2.75) is 32.7 Å². The molecular weight excluding hydrogens is 259 g/mol. The molecule has 102 valence electrons. The van der Waals surface area contributed by atoms with Gasteiger partial charge in [-0.1, -0.05) is 19.1 Å². The van der Waals surface area contributed by atoms with Gasteiger partial charge in [-0.2, -0.15) is 0 Å². The number of nitrogens with zero attached hydrogens (tertiary/aromatic N) is 1. The number of benzene rings is 1. The Morgan fingerprint density at radius 1 is 1.26 bits per heavy atom. The third-order valence-electron chi connectivity index (χ3n) is 2.98. The lowest BCUT2D eigenvalue weighted by molar-refractivity contribution is 0.519. The minimum atomic E-state index is -0.181. The van der Waals surface area contributed by atoms with Gasteiger partial charge in [0, 0.05) is 23.5 Å². The van der Waals surface area contributed by atoms with Crippen molar-refractivity contribution in [3.8, 4) is 0 Å². The monoisotopic (exact) mass is 278 g/mol. The van der Waals surface area contributed by atoms with E-state index in [1.807, 2.05) is 19.1 Å². The lowest BCUT2D eigenvalue weighted by atomic mass is 10.0. The van der Waals surface area contributed by atoms with Gasteiger partial charge in [0.05, 0.1) is 5.01 Å². The second-order valence-corrected chi connectivity index (χ2v) is 5.61. The van der Waals surface area contributed by atoms with Crippen LogP contribution in [-0.4, -0.2) is 17.6 Å². The van der Waals surface area contributed by atoms with E-state index in [4.69, 9.17) is 0 Å². The molecule has 1 N–H and O–H groups in total. The summed E-state index contributed by atoms with van der Waals surface area (Å²) in [5.41, 5.74) is 2.23. The highest BCUT2D eigenvalue weighted by Crippen LogP contribution is 2.14. The van der Waals surface area contributed by atoms with E-state index in [1.54, 1.807) is 11.3 Å². The molecule has 2 rings (SSSR count). The lowest BCUT2D eigenvalue weighted by Gasteiger charge is -2.16. The van der Waals surface area contributed by atoms with Crippen LogP contribution in [-0.2, 0) is 12.8 Å². The zero-order chi connectivity index (χ0) is 13.7. The van der Waals surface area contributed by atoms with Gasteiger partial charge in [0.1, 0.15) is 5.82 Å². The second kappa shape index (κ2) is 6.78. The van der Waals surface area contributed by atoms with Crippen LogP contribution in [0.5, 0.6) is 0 Å². The minimum absolute atomic E-state index is 0.181. The maximum absolute atomic E-state index is 12.9. The Labute approximate surface area is 117 Å². The second-order valence-electron chi connectivity index (χ2n) is 4.67. The van der Waals surface area contributed by atoms with Crippen LogP contribution < -0.4 is 5.32 Å². The lowest BCUT2D eigenvalue weighted by Crippen LogP contribution is -2.33. The van der Waals surface area contributed by atoms with Crippen molar-refractivity contribution in [1.29, 1.82) is 0 Å². The fourth-order valence-corrected chi connectivity index (χ4v) is 2.97. The fraction of sp³-hybridized carbons (Fsp3) is 0.400. The normalized spacial score (nSPS) is 12.6. The average molecular weight is 278 g/mol. The van der Waals surface area contributed by atoms with Gasteiger partial charge in [0.25, 0.3) is 0 Å². The first-order valence-corrected chi connectivity index (χ1v) is 7.44. The molecule has 0 aliphatic carbocycles. The first-order chi connectivity index (χ1) is 9.17. The van der Waals surface area contributed by atoms with Crippen LogP contribution in [0.4, 0.5) is 4.39 Å². The highest BCUT2D eigenvalue weighted by molar-refractivity contribution is 7.09. The van der Waals surface area contributed by atoms with Crippen LogP contribution in [0, 0.1) is 12.7 Å². The summed E-state index contributed by atoms with van der Waals surface area (Å²) in [6.45, 7) is 5.04. The van der Waals surface area contributed by atoms with E-state index in [-0.39, 0.29) is 5.82 Å². The molecule has 0 saturated carbocycles. The summed E-state index contributed by atoms with van der Waals surface area (Å²) in [6.07, 6.45) is 1.82. The van der Waals surface area contributed by atoms with Crippen molar-refractivity contribution < 1.29 is 4.39 Å². The molecule has 4 heteroatoms. The van der Waals surface area contributed by atoms with Crippen molar-refractivity contribution in [2.75, 3.05) is 6.54 Å². The SMILES string of the molecule is CCNC(Cc1ccc(F)cc1)Cc1nc(C)cs1. The van der Waals surface area contributed by atoms with Gasteiger partial charge in [-0.15, -0.1) is 11.3 Å². The summed E-state index contributed by atoms with van der Waals surface area (Å²) >= 11 is 1.71. The summed E-state index contributed by atoms with van der Waals surface area (Å²) < 4.78 is 12.9. The smallest absolute Gasteiger partial charge is 0.123 e. The molecule has 1 unspecified atom stereocenters. The summed E-state index contributed by atoms with van der Waals surface area (Å²) in [5.74, 6) is -0.181. The minimum Gasteiger partial charge on any atom is -0.314 e. The number of hydrogen-bond acceptors (Lipinski definition) is 3. The largest absolute Gasteiger partial charge is 0.314 e. The predicted octanol–water partition coefficient (Wildman–Crippen LogP) is 3.35. The average Bonchev–Trinajstić information content (AvgIpc) is 2.78. The summed E-state index contributed by atoms with van der Waals surface area (Å²) in [4.78, 5) is 4.51. The Bertz CT molecular complexity index is 507. The Hall–Kier alpha value is -1.26. The van der Waals surface area contributed by atoms with Crippen molar-refractivity contribution in [3.05, 3.63) is 51.7 Å². The molecule has 0 aliphatic rings. The Balaban J connectivity index is 2.01. The maximum atomic E-state index is 12.9. The molecule has 19 heavy (non-hydrogen) atoms. The molecule has 0 bridgehead atoms. The highest BCUT2D eigenvalue weighted by atomic mass is 32.1. The van der Waals surface area contributed by atoms with Gasteiger partial charge < -0.3 is 5.32 Å². The Kier molecular flexibility index (Phi) is 5.05. The zero-order valence-electron chi connectivity index (χ0n) is 11.3. The van der Waals surface area contributed by atoms with Gasteiger partial charge in [-0.3, -0.25) is 0 Å². The van der Waals surface area contributed by atoms with Crippen LogP contribution in [0.2, 0.25) is 0 Å². The van der Waals surface area contributed by atoms with Gasteiger partial charge in [0.2, 0.25) is 0 Å². The first kappa shape index (κ1) is 14.2. The van der Waals surface area contributed by atoms with Crippen LogP contribution in [0.1, 0.15) is 23.2 Å². The van der Waals surface area contributed by atoms with E-state index >= 15 is 0 Å². The van der Waals surface area contributed by atoms with E-state index in [2.05, 4.69) is 22.6 Å². The van der Waals surface area contributed by atoms with E-state index in [0.29, 0.717) is 6.04 Å². The molecule has 2 nitrogen and oxygen atoms in total. The Morgan fingerprint density at radius 3 is 2.58 bits per heavy atom. The maximum Gasteiger partial charge on any atom is 0.123 e. The molecule has 0 saturated heterocycles. The number of halogens is 1. The number of nitrogens with one attached hydrogen (secondary N) is 1. The molecule has 1 aromatic heterocycles. The number of thiazole rings is 1. The molecule has 1 heterocycles. The third kappa shape index (κ3) is 4.40. The first-order valence-electron chi connectivity index (χ1n) is 6.56. The molecule has 0 fully saturated rings. The van der Waals surface area contributed by atoms with E-state index in [0.717, 1.165) is 35.7 Å². The van der Waals surface area contributed by atoms with Gasteiger partial charge in [-0.05, 0) is 37.6 Å². The number of rotatable bonds is 6. The molecular formula is C15H19FN2S. The molecule has 0 aliphatic heterocycles. The van der Waals surface area contributed by atoms with Crippen LogP contribution >= 0.6 is 11.3 Å². The molecule has 1 aromatic carbocycles. The van der Waals surface area contributed by atoms with Crippen LogP contribution in [0.25, 0.3) is 0 Å².